The van der Waals surface area contributed by atoms with E-state index < -0.39 is 4.27 Å². The van der Waals surface area contributed by atoms with E-state index in [-0.39, 0.29) is 5.97 Å². The highest BCUT2D eigenvalue weighted by Crippen LogP contribution is 2.57. The molecule has 1 heterocycles. The third kappa shape index (κ3) is 3.47. The zero-order chi connectivity index (χ0) is 18.1. The normalized spacial score (nSPS) is 14.8. The molecule has 26 heavy (non-hydrogen) atoms. The lowest BCUT2D eigenvalue weighted by Gasteiger charge is -2.27. The average molecular weight is 419 g/mol. The molecule has 130 valence electrons. The van der Waals surface area contributed by atoms with Crippen molar-refractivity contribution >= 4 is 52.7 Å². The Kier molecular flexibility index (Phi) is 4.93. The molecule has 0 amide bonds. The summed E-state index contributed by atoms with van der Waals surface area (Å²) in [6.07, 6.45) is 0. The minimum atomic E-state index is -0.907. The van der Waals surface area contributed by atoms with Crippen molar-refractivity contribution in [3.8, 4) is 0 Å². The van der Waals surface area contributed by atoms with E-state index in [1.54, 1.807) is 6.07 Å². The highest BCUT2D eigenvalue weighted by atomic mass is 35.5. The van der Waals surface area contributed by atoms with E-state index in [4.69, 9.17) is 27.9 Å². The van der Waals surface area contributed by atoms with Crippen LogP contribution in [0.15, 0.2) is 82.6 Å². The second-order valence-electron chi connectivity index (χ2n) is 5.60. The summed E-state index contributed by atoms with van der Waals surface area (Å²) >= 11 is 15.0. The molecule has 2 nitrogen and oxygen atoms in total. The topological polar surface area (TPSA) is 26.3 Å². The summed E-state index contributed by atoms with van der Waals surface area (Å²) in [6, 6.07) is 22.5. The van der Waals surface area contributed by atoms with Crippen molar-refractivity contribution in [2.75, 3.05) is 0 Å². The van der Waals surface area contributed by atoms with Crippen molar-refractivity contribution in [3.05, 3.63) is 94.0 Å². The summed E-state index contributed by atoms with van der Waals surface area (Å²) in [5.74, 6) is -0.316. The first-order chi connectivity index (χ1) is 12.6. The van der Waals surface area contributed by atoms with Gasteiger partial charge in [-0.25, -0.2) is 4.79 Å². The van der Waals surface area contributed by atoms with E-state index in [1.165, 1.54) is 23.5 Å². The number of thioether (sulfide) groups is 2. The van der Waals surface area contributed by atoms with Gasteiger partial charge >= 0.3 is 5.97 Å². The van der Waals surface area contributed by atoms with Gasteiger partial charge in [0.05, 0.1) is 5.56 Å². The molecule has 3 aromatic rings. The van der Waals surface area contributed by atoms with Gasteiger partial charge in [-0.2, -0.15) is 0 Å². The molecule has 0 radical (unpaired) electrons. The van der Waals surface area contributed by atoms with Gasteiger partial charge in [0.2, 0.25) is 4.27 Å². The Morgan fingerprint density at radius 3 is 1.77 bits per heavy atom. The van der Waals surface area contributed by atoms with E-state index in [0.29, 0.717) is 15.6 Å². The largest absolute Gasteiger partial charge is 0.429 e. The van der Waals surface area contributed by atoms with Crippen molar-refractivity contribution in [2.45, 2.75) is 14.1 Å². The third-order valence-corrected chi connectivity index (χ3v) is 7.00. The molecule has 3 aromatic carbocycles. The van der Waals surface area contributed by atoms with Crippen molar-refractivity contribution in [3.63, 3.8) is 0 Å². The quantitative estimate of drug-likeness (QED) is 0.341. The number of halogens is 2. The number of carbonyl (C=O) groups excluding carboxylic acids is 1. The number of esters is 1. The number of carbonyl (C=O) groups is 1. The standard InChI is InChI=1S/C20H12Cl2O2S2/c21-13-5-9-15(10-6-13)25-20(26-16-11-7-14(22)8-12-16)18-4-2-1-3-17(18)19(23)24-20/h1-12H. The van der Waals surface area contributed by atoms with E-state index in [2.05, 4.69) is 0 Å². The predicted octanol–water partition coefficient (Wildman–Crippen LogP) is 6.86. The van der Waals surface area contributed by atoms with Crippen LogP contribution < -0.4 is 0 Å². The molecule has 0 unspecified atom stereocenters. The summed E-state index contributed by atoms with van der Waals surface area (Å²) in [5.41, 5.74) is 1.44. The van der Waals surface area contributed by atoms with Crippen molar-refractivity contribution in [1.29, 1.82) is 0 Å². The highest BCUT2D eigenvalue weighted by molar-refractivity contribution is 8.17. The summed E-state index contributed by atoms with van der Waals surface area (Å²) in [7, 11) is 0. The summed E-state index contributed by atoms with van der Waals surface area (Å²) < 4.78 is 5.00. The van der Waals surface area contributed by atoms with Crippen LogP contribution in [0.3, 0.4) is 0 Å². The number of ether oxygens (including phenoxy) is 1. The van der Waals surface area contributed by atoms with Crippen LogP contribution in [-0.4, -0.2) is 5.97 Å². The van der Waals surface area contributed by atoms with Crippen LogP contribution in [0.1, 0.15) is 15.9 Å². The molecule has 4 rings (SSSR count). The number of rotatable bonds is 4. The Hall–Kier alpha value is -1.59. The lowest BCUT2D eigenvalue weighted by atomic mass is 10.1. The Labute approximate surface area is 169 Å². The Bertz CT molecular complexity index is 909. The fourth-order valence-corrected chi connectivity index (χ4v) is 5.62. The first-order valence-corrected chi connectivity index (χ1v) is 10.2. The van der Waals surface area contributed by atoms with E-state index in [1.807, 2.05) is 66.7 Å². The minimum absolute atomic E-state index is 0.316. The average Bonchev–Trinajstić information content (AvgIpc) is 2.91. The number of cyclic esters (lactones) is 1. The minimum Gasteiger partial charge on any atom is -0.429 e. The molecule has 0 aliphatic carbocycles. The molecule has 0 aromatic heterocycles. The second kappa shape index (κ2) is 7.20. The molecular formula is C20H12Cl2O2S2. The van der Waals surface area contributed by atoms with Crippen LogP contribution in [-0.2, 0) is 9.00 Å². The van der Waals surface area contributed by atoms with Crippen LogP contribution in [0.4, 0.5) is 0 Å². The fourth-order valence-electron chi connectivity index (χ4n) is 2.65. The molecule has 0 saturated carbocycles. The van der Waals surface area contributed by atoms with Gasteiger partial charge in [0.1, 0.15) is 0 Å². The Morgan fingerprint density at radius 2 is 1.23 bits per heavy atom. The number of hydrogen-bond acceptors (Lipinski definition) is 4. The van der Waals surface area contributed by atoms with Crippen molar-refractivity contribution in [1.82, 2.24) is 0 Å². The number of hydrogen-bond donors (Lipinski definition) is 0. The van der Waals surface area contributed by atoms with Crippen LogP contribution >= 0.6 is 46.7 Å². The highest BCUT2D eigenvalue weighted by Gasteiger charge is 2.47. The fraction of sp³-hybridized carbons (Fsp3) is 0.0500. The number of benzene rings is 3. The Balaban J connectivity index is 1.78. The smallest absolute Gasteiger partial charge is 0.340 e. The summed E-state index contributed by atoms with van der Waals surface area (Å²) in [4.78, 5) is 14.4. The van der Waals surface area contributed by atoms with Gasteiger partial charge < -0.3 is 4.74 Å². The molecule has 1 aliphatic heterocycles. The molecule has 0 saturated heterocycles. The monoisotopic (exact) mass is 418 g/mol. The molecule has 0 spiro atoms. The van der Waals surface area contributed by atoms with Crippen LogP contribution in [0.5, 0.6) is 0 Å². The predicted molar refractivity (Wildman–Crippen MR) is 108 cm³/mol. The van der Waals surface area contributed by atoms with Gasteiger partial charge in [0.15, 0.2) is 0 Å². The zero-order valence-electron chi connectivity index (χ0n) is 13.3. The van der Waals surface area contributed by atoms with Gasteiger partial charge in [-0.15, -0.1) is 0 Å². The summed E-state index contributed by atoms with van der Waals surface area (Å²) in [6.45, 7) is 0. The van der Waals surface area contributed by atoms with Crippen molar-refractivity contribution < 1.29 is 9.53 Å². The molecular weight excluding hydrogens is 407 g/mol. The molecule has 0 atom stereocenters. The van der Waals surface area contributed by atoms with Crippen LogP contribution in [0.2, 0.25) is 10.0 Å². The van der Waals surface area contributed by atoms with Gasteiger partial charge in [-0.3, -0.25) is 0 Å². The summed E-state index contributed by atoms with van der Waals surface area (Å²) in [5, 5.41) is 1.33. The molecule has 6 heteroatoms. The lowest BCUT2D eigenvalue weighted by Crippen LogP contribution is -2.17. The number of fused-ring (bicyclic) bond motifs is 1. The molecule has 1 aliphatic rings. The van der Waals surface area contributed by atoms with Crippen LogP contribution in [0, 0.1) is 0 Å². The third-order valence-electron chi connectivity index (χ3n) is 3.84. The molecule has 0 N–H and O–H groups in total. The maximum Gasteiger partial charge on any atom is 0.340 e. The first kappa shape index (κ1) is 17.8. The maximum atomic E-state index is 12.5. The van der Waals surface area contributed by atoms with Crippen LogP contribution in [0.25, 0.3) is 0 Å². The van der Waals surface area contributed by atoms with Gasteiger partial charge in [0, 0.05) is 25.4 Å². The Morgan fingerprint density at radius 1 is 0.731 bits per heavy atom. The van der Waals surface area contributed by atoms with Gasteiger partial charge in [0.25, 0.3) is 0 Å². The molecule has 0 fully saturated rings. The van der Waals surface area contributed by atoms with Crippen molar-refractivity contribution in [2.24, 2.45) is 0 Å². The second-order valence-corrected chi connectivity index (χ2v) is 9.24. The lowest BCUT2D eigenvalue weighted by molar-refractivity contribution is 0.0473. The zero-order valence-corrected chi connectivity index (χ0v) is 16.5. The van der Waals surface area contributed by atoms with E-state index in [9.17, 15) is 4.79 Å². The van der Waals surface area contributed by atoms with Gasteiger partial charge in [-0.05, 0) is 54.6 Å². The van der Waals surface area contributed by atoms with E-state index >= 15 is 0 Å². The first-order valence-electron chi connectivity index (χ1n) is 7.78. The molecule has 0 bridgehead atoms. The SMILES string of the molecule is O=C1OC(Sc2ccc(Cl)cc2)(Sc2ccc(Cl)cc2)c2ccccc21. The van der Waals surface area contributed by atoms with E-state index in [0.717, 1.165) is 15.4 Å². The van der Waals surface area contributed by atoms with Gasteiger partial charge in [-0.1, -0.05) is 64.9 Å². The maximum absolute atomic E-state index is 12.5.